The summed E-state index contributed by atoms with van der Waals surface area (Å²) in [5.41, 5.74) is 1.44. The number of thiol groups is 1. The number of amides is 2. The van der Waals surface area contributed by atoms with E-state index in [2.05, 4.69) is 17.9 Å². The first kappa shape index (κ1) is 20.8. The maximum atomic E-state index is 12.4. The van der Waals surface area contributed by atoms with Crippen molar-refractivity contribution in [3.63, 3.8) is 0 Å². The van der Waals surface area contributed by atoms with Gasteiger partial charge in [0.2, 0.25) is 5.91 Å². The third kappa shape index (κ3) is 5.13. The number of benzene rings is 1. The van der Waals surface area contributed by atoms with Gasteiger partial charge in [-0.15, -0.1) is 0 Å². The van der Waals surface area contributed by atoms with E-state index in [1.807, 2.05) is 49.9 Å². The van der Waals surface area contributed by atoms with Crippen molar-refractivity contribution in [3.05, 3.63) is 24.3 Å². The summed E-state index contributed by atoms with van der Waals surface area (Å²) in [5.74, 6) is 1.19. The standard InChI is InChI=1S/C21H31N3O3S/c1-21(2,3)27-20(26)23-10-8-16(9-11-23)22-17-6-4-5-7-18(17)24-13-15(14-28)12-19(24)25/h4-7,15-16,22,28H,8-14H2,1-3H3. The summed E-state index contributed by atoms with van der Waals surface area (Å²) in [6.07, 6.45) is 2.01. The number of ether oxygens (including phenoxy) is 1. The van der Waals surface area contributed by atoms with E-state index in [-0.39, 0.29) is 18.0 Å². The van der Waals surface area contributed by atoms with Gasteiger partial charge < -0.3 is 19.9 Å². The van der Waals surface area contributed by atoms with Crippen molar-refractivity contribution in [2.75, 3.05) is 35.6 Å². The number of nitrogens with one attached hydrogen (secondary N) is 1. The fraction of sp³-hybridized carbons (Fsp3) is 0.619. The maximum Gasteiger partial charge on any atom is 0.410 e. The lowest BCUT2D eigenvalue weighted by Crippen LogP contribution is -2.44. The van der Waals surface area contributed by atoms with Crippen molar-refractivity contribution in [1.82, 2.24) is 4.90 Å². The molecule has 0 spiro atoms. The highest BCUT2D eigenvalue weighted by molar-refractivity contribution is 7.80. The largest absolute Gasteiger partial charge is 0.444 e. The van der Waals surface area contributed by atoms with Crippen LogP contribution in [0.4, 0.5) is 16.2 Å². The molecule has 2 amide bonds. The smallest absolute Gasteiger partial charge is 0.410 e. The third-order valence-corrected chi connectivity index (χ3v) is 5.68. The van der Waals surface area contributed by atoms with Gasteiger partial charge in [-0.3, -0.25) is 4.79 Å². The van der Waals surface area contributed by atoms with Gasteiger partial charge in [-0.25, -0.2) is 4.79 Å². The lowest BCUT2D eigenvalue weighted by Gasteiger charge is -2.34. The molecule has 2 heterocycles. The Labute approximate surface area is 173 Å². The second-order valence-corrected chi connectivity index (χ2v) is 9.03. The molecule has 154 valence electrons. The summed E-state index contributed by atoms with van der Waals surface area (Å²) in [5, 5.41) is 3.60. The molecule has 0 aromatic heterocycles. The van der Waals surface area contributed by atoms with Crippen LogP contribution >= 0.6 is 12.6 Å². The predicted octanol–water partition coefficient (Wildman–Crippen LogP) is 3.78. The second kappa shape index (κ2) is 8.64. The number of nitrogens with zero attached hydrogens (tertiary/aromatic N) is 2. The molecule has 2 fully saturated rings. The summed E-state index contributed by atoms with van der Waals surface area (Å²) in [7, 11) is 0. The van der Waals surface area contributed by atoms with Gasteiger partial charge in [0.1, 0.15) is 5.60 Å². The number of hydrogen-bond donors (Lipinski definition) is 2. The molecule has 3 rings (SSSR count). The fourth-order valence-electron chi connectivity index (χ4n) is 3.72. The monoisotopic (exact) mass is 405 g/mol. The van der Waals surface area contributed by atoms with Crippen LogP contribution in [0, 0.1) is 5.92 Å². The Hall–Kier alpha value is -1.89. The van der Waals surface area contributed by atoms with Crippen LogP contribution in [0.15, 0.2) is 24.3 Å². The summed E-state index contributed by atoms with van der Waals surface area (Å²) in [4.78, 5) is 28.3. The molecule has 28 heavy (non-hydrogen) atoms. The van der Waals surface area contributed by atoms with Crippen molar-refractivity contribution in [2.45, 2.75) is 51.7 Å². The summed E-state index contributed by atoms with van der Waals surface area (Å²) in [6.45, 7) is 7.70. The zero-order chi connectivity index (χ0) is 20.3. The average molecular weight is 406 g/mol. The van der Waals surface area contributed by atoms with Gasteiger partial charge in [0.25, 0.3) is 0 Å². The van der Waals surface area contributed by atoms with E-state index in [1.54, 1.807) is 4.90 Å². The van der Waals surface area contributed by atoms with Crippen LogP contribution in [0.3, 0.4) is 0 Å². The number of rotatable bonds is 4. The van der Waals surface area contributed by atoms with E-state index >= 15 is 0 Å². The SMILES string of the molecule is CC(C)(C)OC(=O)N1CCC(Nc2ccccc2N2CC(CS)CC2=O)CC1. The van der Waals surface area contributed by atoms with Gasteiger partial charge >= 0.3 is 6.09 Å². The number of anilines is 2. The molecule has 1 atom stereocenters. The van der Waals surface area contributed by atoms with E-state index in [0.717, 1.165) is 36.5 Å². The minimum atomic E-state index is -0.474. The van der Waals surface area contributed by atoms with E-state index in [0.29, 0.717) is 25.4 Å². The first-order chi connectivity index (χ1) is 13.3. The average Bonchev–Trinajstić information content (AvgIpc) is 3.02. The van der Waals surface area contributed by atoms with Crippen molar-refractivity contribution in [3.8, 4) is 0 Å². The van der Waals surface area contributed by atoms with Gasteiger partial charge in [-0.1, -0.05) is 12.1 Å². The second-order valence-electron chi connectivity index (χ2n) is 8.66. The predicted molar refractivity (Wildman–Crippen MR) is 115 cm³/mol. The van der Waals surface area contributed by atoms with Gasteiger partial charge in [0, 0.05) is 32.1 Å². The number of carbonyl (C=O) groups is 2. The molecule has 2 saturated heterocycles. The number of piperidine rings is 1. The maximum absolute atomic E-state index is 12.4. The molecule has 2 aliphatic heterocycles. The first-order valence-electron chi connectivity index (χ1n) is 10.0. The van der Waals surface area contributed by atoms with Crippen LogP contribution in [0.25, 0.3) is 0 Å². The van der Waals surface area contributed by atoms with E-state index < -0.39 is 5.60 Å². The lowest BCUT2D eigenvalue weighted by molar-refractivity contribution is -0.117. The number of hydrogen-bond acceptors (Lipinski definition) is 5. The molecule has 0 aliphatic carbocycles. The number of para-hydroxylation sites is 2. The summed E-state index contributed by atoms with van der Waals surface area (Å²) >= 11 is 4.35. The first-order valence-corrected chi connectivity index (χ1v) is 10.6. The molecule has 7 heteroatoms. The van der Waals surface area contributed by atoms with Gasteiger partial charge in [0.05, 0.1) is 11.4 Å². The molecule has 0 bridgehead atoms. The van der Waals surface area contributed by atoms with Crippen LogP contribution < -0.4 is 10.2 Å². The molecule has 0 radical (unpaired) electrons. The van der Waals surface area contributed by atoms with Gasteiger partial charge in [-0.05, 0) is 57.4 Å². The van der Waals surface area contributed by atoms with Crippen LogP contribution in [-0.2, 0) is 9.53 Å². The zero-order valence-electron chi connectivity index (χ0n) is 17.0. The van der Waals surface area contributed by atoms with Crippen molar-refractivity contribution < 1.29 is 14.3 Å². The molecule has 1 unspecified atom stereocenters. The lowest BCUT2D eigenvalue weighted by atomic mass is 10.0. The van der Waals surface area contributed by atoms with Crippen LogP contribution in [-0.4, -0.2) is 53.9 Å². The van der Waals surface area contributed by atoms with Crippen LogP contribution in [0.1, 0.15) is 40.0 Å². The summed E-state index contributed by atoms with van der Waals surface area (Å²) < 4.78 is 5.47. The van der Waals surface area contributed by atoms with Crippen LogP contribution in [0.2, 0.25) is 0 Å². The molecule has 1 aromatic carbocycles. The molecule has 6 nitrogen and oxygen atoms in total. The topological polar surface area (TPSA) is 61.9 Å². The highest BCUT2D eigenvalue weighted by Crippen LogP contribution is 2.33. The van der Waals surface area contributed by atoms with Crippen molar-refractivity contribution >= 4 is 36.0 Å². The van der Waals surface area contributed by atoms with Crippen molar-refractivity contribution in [2.24, 2.45) is 5.92 Å². The Kier molecular flexibility index (Phi) is 6.43. The normalized spacial score (nSPS) is 21.1. The Balaban J connectivity index is 1.60. The van der Waals surface area contributed by atoms with E-state index in [9.17, 15) is 9.59 Å². The van der Waals surface area contributed by atoms with E-state index in [4.69, 9.17) is 4.74 Å². The quantitative estimate of drug-likeness (QED) is 0.749. The zero-order valence-corrected chi connectivity index (χ0v) is 17.9. The Morgan fingerprint density at radius 2 is 1.93 bits per heavy atom. The highest BCUT2D eigenvalue weighted by atomic mass is 32.1. The van der Waals surface area contributed by atoms with E-state index in [1.165, 1.54) is 0 Å². The minimum Gasteiger partial charge on any atom is -0.444 e. The van der Waals surface area contributed by atoms with Gasteiger partial charge in [0.15, 0.2) is 0 Å². The molecule has 1 aromatic rings. The molecule has 2 aliphatic rings. The van der Waals surface area contributed by atoms with Gasteiger partial charge in [-0.2, -0.15) is 12.6 Å². The highest BCUT2D eigenvalue weighted by Gasteiger charge is 2.32. The minimum absolute atomic E-state index is 0.160. The third-order valence-electron chi connectivity index (χ3n) is 5.16. The Morgan fingerprint density at radius 3 is 2.54 bits per heavy atom. The molecular weight excluding hydrogens is 374 g/mol. The molecule has 1 N–H and O–H groups in total. The van der Waals surface area contributed by atoms with Crippen LogP contribution in [0.5, 0.6) is 0 Å². The molecule has 0 saturated carbocycles. The Morgan fingerprint density at radius 1 is 1.25 bits per heavy atom. The van der Waals surface area contributed by atoms with Crippen molar-refractivity contribution in [1.29, 1.82) is 0 Å². The fourth-order valence-corrected chi connectivity index (χ4v) is 3.97. The number of carbonyl (C=O) groups excluding carboxylic acids is 2. The number of likely N-dealkylation sites (tertiary alicyclic amines) is 1. The molecular formula is C21H31N3O3S. The Bertz CT molecular complexity index is 711. The summed E-state index contributed by atoms with van der Waals surface area (Å²) in [6, 6.07) is 8.23.